The summed E-state index contributed by atoms with van der Waals surface area (Å²) >= 11 is 5.89. The van der Waals surface area contributed by atoms with Gasteiger partial charge in [-0.15, -0.1) is 0 Å². The van der Waals surface area contributed by atoms with E-state index < -0.39 is 5.97 Å². The maximum atomic E-state index is 11.7. The molecule has 0 bridgehead atoms. The molecule has 0 aliphatic rings. The van der Waals surface area contributed by atoms with E-state index in [4.69, 9.17) is 16.3 Å². The third kappa shape index (κ3) is 4.67. The molecule has 4 aromatic rings. The van der Waals surface area contributed by atoms with Crippen molar-refractivity contribution in [2.75, 3.05) is 0 Å². The van der Waals surface area contributed by atoms with Crippen LogP contribution in [0.4, 0.5) is 0 Å². The zero-order chi connectivity index (χ0) is 20.9. The van der Waals surface area contributed by atoms with Gasteiger partial charge in [-0.1, -0.05) is 60.1 Å². The van der Waals surface area contributed by atoms with E-state index in [9.17, 15) is 9.90 Å². The highest BCUT2D eigenvalue weighted by molar-refractivity contribution is 6.30. The molecule has 1 N–H and O–H groups in total. The molecule has 148 valence electrons. The van der Waals surface area contributed by atoms with Crippen LogP contribution in [0.3, 0.4) is 0 Å². The lowest BCUT2D eigenvalue weighted by Crippen LogP contribution is -2.00. The average molecular weight is 416 g/mol. The minimum atomic E-state index is -1.000. The highest BCUT2D eigenvalue weighted by Gasteiger charge is 2.10. The van der Waals surface area contributed by atoms with Crippen molar-refractivity contribution < 1.29 is 14.6 Å². The van der Waals surface area contributed by atoms with Crippen LogP contribution in [0, 0.1) is 0 Å². The summed E-state index contributed by atoms with van der Waals surface area (Å²) in [5.41, 5.74) is 3.32. The molecule has 0 radical (unpaired) electrons. The van der Waals surface area contributed by atoms with Crippen LogP contribution in [0.2, 0.25) is 5.02 Å². The number of pyridine rings is 1. The van der Waals surface area contributed by atoms with Crippen molar-refractivity contribution in [3.63, 3.8) is 0 Å². The first-order chi connectivity index (χ1) is 14.6. The number of aliphatic carboxylic acids is 1. The standard InChI is InChI=1S/C25H18ClNO3/c26-20-10-7-18(8-11-20)23(25(28)29)15-17-5-13-22(14-6-17)30-16-21-12-9-19-3-1-2-4-24(19)27-21/h1-15H,16H2,(H,28,29). The number of nitrogens with zero attached hydrogens (tertiary/aromatic N) is 1. The van der Waals surface area contributed by atoms with Gasteiger partial charge in [0.05, 0.1) is 16.8 Å². The van der Waals surface area contributed by atoms with Crippen LogP contribution in [-0.4, -0.2) is 16.1 Å². The highest BCUT2D eigenvalue weighted by Crippen LogP contribution is 2.22. The third-order valence-corrected chi connectivity index (χ3v) is 4.87. The van der Waals surface area contributed by atoms with Gasteiger partial charge in [-0.2, -0.15) is 0 Å². The van der Waals surface area contributed by atoms with E-state index in [-0.39, 0.29) is 5.57 Å². The fraction of sp³-hybridized carbons (Fsp3) is 0.0400. The van der Waals surface area contributed by atoms with Gasteiger partial charge in [0.15, 0.2) is 0 Å². The smallest absolute Gasteiger partial charge is 0.336 e. The number of carbonyl (C=O) groups is 1. The molecule has 5 heteroatoms. The number of rotatable bonds is 6. The Morgan fingerprint density at radius 1 is 0.933 bits per heavy atom. The number of hydrogen-bond donors (Lipinski definition) is 1. The lowest BCUT2D eigenvalue weighted by Gasteiger charge is -2.08. The molecule has 0 saturated heterocycles. The molecule has 0 amide bonds. The summed E-state index contributed by atoms with van der Waals surface area (Å²) in [6.45, 7) is 0.352. The van der Waals surface area contributed by atoms with Crippen molar-refractivity contribution in [3.8, 4) is 5.75 Å². The van der Waals surface area contributed by atoms with E-state index in [1.54, 1.807) is 30.3 Å². The van der Waals surface area contributed by atoms with Crippen molar-refractivity contribution in [1.29, 1.82) is 0 Å². The van der Waals surface area contributed by atoms with Gasteiger partial charge in [0.2, 0.25) is 0 Å². The first kappa shape index (κ1) is 19.7. The van der Waals surface area contributed by atoms with E-state index in [0.29, 0.717) is 22.9 Å². The highest BCUT2D eigenvalue weighted by atomic mass is 35.5. The summed E-state index contributed by atoms with van der Waals surface area (Å²) in [5.74, 6) is -0.314. The van der Waals surface area contributed by atoms with Gasteiger partial charge in [0, 0.05) is 10.4 Å². The predicted octanol–water partition coefficient (Wildman–Crippen LogP) is 6.09. The number of carboxylic acid groups (broad SMARTS) is 1. The van der Waals surface area contributed by atoms with Crippen LogP contribution < -0.4 is 4.74 Å². The molecular formula is C25H18ClNO3. The molecule has 0 saturated carbocycles. The number of para-hydroxylation sites is 1. The Morgan fingerprint density at radius 2 is 1.67 bits per heavy atom. The monoisotopic (exact) mass is 415 g/mol. The lowest BCUT2D eigenvalue weighted by atomic mass is 10.0. The van der Waals surface area contributed by atoms with Crippen molar-refractivity contribution in [2.45, 2.75) is 6.61 Å². The molecule has 0 aliphatic heterocycles. The number of fused-ring (bicyclic) bond motifs is 1. The van der Waals surface area contributed by atoms with Crippen LogP contribution in [0.5, 0.6) is 5.75 Å². The summed E-state index contributed by atoms with van der Waals surface area (Å²) in [6, 6.07) is 25.9. The summed E-state index contributed by atoms with van der Waals surface area (Å²) in [7, 11) is 0. The van der Waals surface area contributed by atoms with Crippen LogP contribution in [-0.2, 0) is 11.4 Å². The van der Waals surface area contributed by atoms with Crippen LogP contribution in [0.1, 0.15) is 16.8 Å². The fourth-order valence-corrected chi connectivity index (χ4v) is 3.20. The summed E-state index contributed by atoms with van der Waals surface area (Å²) < 4.78 is 5.83. The molecule has 1 heterocycles. The Balaban J connectivity index is 1.48. The first-order valence-corrected chi connectivity index (χ1v) is 9.75. The average Bonchev–Trinajstić information content (AvgIpc) is 2.77. The molecule has 4 nitrogen and oxygen atoms in total. The minimum absolute atomic E-state index is 0.195. The van der Waals surface area contributed by atoms with Gasteiger partial charge in [-0.3, -0.25) is 0 Å². The van der Waals surface area contributed by atoms with Gasteiger partial charge in [0.25, 0.3) is 0 Å². The van der Waals surface area contributed by atoms with Crippen molar-refractivity contribution in [2.24, 2.45) is 0 Å². The van der Waals surface area contributed by atoms with Crippen molar-refractivity contribution >= 4 is 40.1 Å². The largest absolute Gasteiger partial charge is 0.487 e. The van der Waals surface area contributed by atoms with Crippen LogP contribution in [0.25, 0.3) is 22.6 Å². The second kappa shape index (κ2) is 8.80. The van der Waals surface area contributed by atoms with Crippen molar-refractivity contribution in [1.82, 2.24) is 4.98 Å². The number of benzene rings is 3. The topological polar surface area (TPSA) is 59.4 Å². The van der Waals surface area contributed by atoms with Crippen molar-refractivity contribution in [3.05, 3.63) is 107 Å². The molecule has 30 heavy (non-hydrogen) atoms. The predicted molar refractivity (Wildman–Crippen MR) is 119 cm³/mol. The van der Waals surface area contributed by atoms with Crippen LogP contribution >= 0.6 is 11.6 Å². The Hall–Kier alpha value is -3.63. The van der Waals surface area contributed by atoms with Gasteiger partial charge in [-0.05, 0) is 53.6 Å². The maximum Gasteiger partial charge on any atom is 0.336 e. The zero-order valence-corrected chi connectivity index (χ0v) is 16.7. The summed E-state index contributed by atoms with van der Waals surface area (Å²) in [6.07, 6.45) is 1.63. The van der Waals surface area contributed by atoms with Crippen LogP contribution in [0.15, 0.2) is 84.9 Å². The summed E-state index contributed by atoms with van der Waals surface area (Å²) in [4.78, 5) is 16.3. The van der Waals surface area contributed by atoms with E-state index in [1.165, 1.54) is 0 Å². The molecule has 4 rings (SSSR count). The van der Waals surface area contributed by atoms with E-state index >= 15 is 0 Å². The lowest BCUT2D eigenvalue weighted by molar-refractivity contribution is -0.130. The van der Waals surface area contributed by atoms with E-state index in [1.807, 2.05) is 60.7 Å². The van der Waals surface area contributed by atoms with E-state index in [2.05, 4.69) is 4.98 Å². The Bertz CT molecular complexity index is 1220. The number of carboxylic acids is 1. The van der Waals surface area contributed by atoms with Gasteiger partial charge < -0.3 is 9.84 Å². The minimum Gasteiger partial charge on any atom is -0.487 e. The maximum absolute atomic E-state index is 11.7. The second-order valence-corrected chi connectivity index (χ2v) is 7.16. The normalized spacial score (nSPS) is 11.4. The van der Waals surface area contributed by atoms with E-state index in [0.717, 1.165) is 22.2 Å². The quantitative estimate of drug-likeness (QED) is 0.305. The number of halogens is 1. The number of ether oxygens (including phenoxy) is 1. The second-order valence-electron chi connectivity index (χ2n) is 6.72. The third-order valence-electron chi connectivity index (χ3n) is 4.62. The first-order valence-electron chi connectivity index (χ1n) is 9.37. The molecule has 0 unspecified atom stereocenters. The Kier molecular flexibility index (Phi) is 5.77. The fourth-order valence-electron chi connectivity index (χ4n) is 3.07. The Labute approximate surface area is 179 Å². The molecule has 0 fully saturated rings. The zero-order valence-electron chi connectivity index (χ0n) is 16.0. The molecule has 0 aliphatic carbocycles. The molecule has 1 aromatic heterocycles. The van der Waals surface area contributed by atoms with Gasteiger partial charge in [0.1, 0.15) is 12.4 Å². The number of hydrogen-bond acceptors (Lipinski definition) is 3. The van der Waals surface area contributed by atoms with Gasteiger partial charge in [-0.25, -0.2) is 9.78 Å². The number of aromatic nitrogens is 1. The molecule has 0 atom stereocenters. The molecular weight excluding hydrogens is 398 g/mol. The molecule has 3 aromatic carbocycles. The van der Waals surface area contributed by atoms with Gasteiger partial charge >= 0.3 is 5.97 Å². The Morgan fingerprint density at radius 3 is 2.40 bits per heavy atom. The molecule has 0 spiro atoms. The SMILES string of the molecule is O=C(O)C(=Cc1ccc(OCc2ccc3ccccc3n2)cc1)c1ccc(Cl)cc1. The summed E-state index contributed by atoms with van der Waals surface area (Å²) in [5, 5.41) is 11.2.